The van der Waals surface area contributed by atoms with Gasteiger partial charge in [-0.2, -0.15) is 0 Å². The van der Waals surface area contributed by atoms with Gasteiger partial charge < -0.3 is 4.90 Å². The van der Waals surface area contributed by atoms with Gasteiger partial charge in [-0.25, -0.2) is 12.8 Å². The molecule has 0 radical (unpaired) electrons. The van der Waals surface area contributed by atoms with E-state index in [1.165, 1.54) is 17.7 Å². The molecule has 1 aliphatic rings. The van der Waals surface area contributed by atoms with Crippen LogP contribution in [0, 0.1) is 11.7 Å². The van der Waals surface area contributed by atoms with Gasteiger partial charge in [0.25, 0.3) is 0 Å². The zero-order chi connectivity index (χ0) is 23.5. The molecule has 0 aliphatic carbocycles. The summed E-state index contributed by atoms with van der Waals surface area (Å²) in [5, 5.41) is 0. The molecule has 5 rings (SSSR count). The molecule has 0 unspecified atom stereocenters. The second-order valence-electron chi connectivity index (χ2n) is 8.88. The van der Waals surface area contributed by atoms with Crippen molar-refractivity contribution in [3.8, 4) is 11.1 Å². The van der Waals surface area contributed by atoms with Crippen molar-refractivity contribution in [3.63, 3.8) is 0 Å². The van der Waals surface area contributed by atoms with Gasteiger partial charge in [0.1, 0.15) is 5.82 Å². The lowest BCUT2D eigenvalue weighted by molar-refractivity contribution is 0.516. The summed E-state index contributed by atoms with van der Waals surface area (Å²) in [6.45, 7) is 1.38. The van der Waals surface area contributed by atoms with Gasteiger partial charge in [0, 0.05) is 18.8 Å². The lowest BCUT2D eigenvalue weighted by atomic mass is 9.90. The average Bonchev–Trinajstić information content (AvgIpc) is 2.85. The molecule has 0 N–H and O–H groups in total. The zero-order valence-electron chi connectivity index (χ0n) is 18.8. The van der Waals surface area contributed by atoms with Crippen LogP contribution in [0.25, 0.3) is 11.1 Å². The Hall–Kier alpha value is -3.44. The Balaban J connectivity index is 1.48. The Kier molecular flexibility index (Phi) is 6.20. The molecule has 4 aromatic carbocycles. The molecule has 1 heterocycles. The number of anilines is 1. The number of benzene rings is 4. The van der Waals surface area contributed by atoms with E-state index in [0.29, 0.717) is 24.4 Å². The van der Waals surface area contributed by atoms with E-state index in [1.54, 1.807) is 36.4 Å². The van der Waals surface area contributed by atoms with Gasteiger partial charge in [-0.15, -0.1) is 0 Å². The van der Waals surface area contributed by atoms with E-state index in [4.69, 9.17) is 0 Å². The fourth-order valence-electron chi connectivity index (χ4n) is 4.76. The summed E-state index contributed by atoms with van der Waals surface area (Å²) in [5.74, 6) is -0.200. The molecule has 3 nitrogen and oxygen atoms in total. The first-order chi connectivity index (χ1) is 16.5. The fraction of sp³-hybridized carbons (Fsp3) is 0.172. The fourth-order valence-corrected chi connectivity index (χ4v) is 6.37. The minimum absolute atomic E-state index is 0.0371. The highest BCUT2D eigenvalue weighted by Gasteiger charge is 2.29. The molecule has 0 bridgehead atoms. The monoisotopic (exact) mass is 471 g/mol. The van der Waals surface area contributed by atoms with E-state index >= 15 is 0 Å². The summed E-state index contributed by atoms with van der Waals surface area (Å²) in [6.07, 6.45) is 0.682. The van der Waals surface area contributed by atoms with Crippen LogP contribution < -0.4 is 4.90 Å². The van der Waals surface area contributed by atoms with Crippen molar-refractivity contribution in [1.82, 2.24) is 0 Å². The third kappa shape index (κ3) is 4.90. The van der Waals surface area contributed by atoms with E-state index in [0.717, 1.165) is 22.4 Å². The maximum atomic E-state index is 13.4. The second-order valence-corrected chi connectivity index (χ2v) is 10.9. The quantitative estimate of drug-likeness (QED) is 0.339. The highest BCUT2D eigenvalue weighted by atomic mass is 32.2. The molecule has 0 fully saturated rings. The van der Waals surface area contributed by atoms with Crippen molar-refractivity contribution in [2.75, 3.05) is 17.2 Å². The molecule has 172 valence electrons. The molecule has 1 atom stereocenters. The van der Waals surface area contributed by atoms with Gasteiger partial charge >= 0.3 is 0 Å². The first-order valence-corrected chi connectivity index (χ1v) is 13.1. The van der Waals surface area contributed by atoms with Crippen LogP contribution in [-0.4, -0.2) is 20.7 Å². The van der Waals surface area contributed by atoms with Crippen molar-refractivity contribution in [2.45, 2.75) is 17.9 Å². The van der Waals surface area contributed by atoms with Gasteiger partial charge in [-0.3, -0.25) is 0 Å². The first kappa shape index (κ1) is 22.4. The van der Waals surface area contributed by atoms with E-state index in [9.17, 15) is 12.8 Å². The third-order valence-electron chi connectivity index (χ3n) is 6.36. The number of hydrogen-bond acceptors (Lipinski definition) is 3. The Morgan fingerprint density at radius 2 is 1.44 bits per heavy atom. The van der Waals surface area contributed by atoms with Crippen LogP contribution in [0.1, 0.15) is 11.1 Å². The van der Waals surface area contributed by atoms with Gasteiger partial charge in [0.05, 0.1) is 10.6 Å². The van der Waals surface area contributed by atoms with Crippen molar-refractivity contribution < 1.29 is 12.8 Å². The average molecular weight is 472 g/mol. The normalized spacial score (nSPS) is 15.7. The van der Waals surface area contributed by atoms with Gasteiger partial charge in [-0.1, -0.05) is 66.7 Å². The van der Waals surface area contributed by atoms with Crippen molar-refractivity contribution >= 4 is 15.5 Å². The maximum absolute atomic E-state index is 13.4. The highest BCUT2D eigenvalue weighted by molar-refractivity contribution is 7.91. The Labute approximate surface area is 200 Å². The molecule has 5 heteroatoms. The minimum Gasteiger partial charge on any atom is -0.367 e. The SMILES string of the molecule is O=S(=O)(C[C@@H]1Cc2cc(-c3ccc(F)cc3)ccc2N(Cc2ccccc2)C1)c1ccccc1. The number of fused-ring (bicyclic) bond motifs is 1. The third-order valence-corrected chi connectivity index (χ3v) is 8.26. The van der Waals surface area contributed by atoms with Gasteiger partial charge in [-0.05, 0) is 71.0 Å². The lowest BCUT2D eigenvalue weighted by Crippen LogP contribution is -2.38. The maximum Gasteiger partial charge on any atom is 0.178 e. The van der Waals surface area contributed by atoms with Crippen LogP contribution in [0.15, 0.2) is 108 Å². The molecule has 0 saturated carbocycles. The number of sulfone groups is 1. The number of rotatable bonds is 6. The van der Waals surface area contributed by atoms with Crippen molar-refractivity contribution in [1.29, 1.82) is 0 Å². The molecule has 0 amide bonds. The summed E-state index contributed by atoms with van der Waals surface area (Å²) >= 11 is 0. The number of nitrogens with zero attached hydrogens (tertiary/aromatic N) is 1. The second kappa shape index (κ2) is 9.43. The van der Waals surface area contributed by atoms with Gasteiger partial charge in [0.2, 0.25) is 0 Å². The van der Waals surface area contributed by atoms with Gasteiger partial charge in [0.15, 0.2) is 9.84 Å². The summed E-state index contributed by atoms with van der Waals surface area (Å²) in [5.41, 5.74) is 5.38. The van der Waals surface area contributed by atoms with E-state index in [-0.39, 0.29) is 17.5 Å². The largest absolute Gasteiger partial charge is 0.367 e. The zero-order valence-corrected chi connectivity index (χ0v) is 19.6. The van der Waals surface area contributed by atoms with E-state index in [2.05, 4.69) is 35.2 Å². The van der Waals surface area contributed by atoms with Crippen LogP contribution in [-0.2, 0) is 22.8 Å². The lowest BCUT2D eigenvalue weighted by Gasteiger charge is -2.36. The molecule has 0 aromatic heterocycles. The van der Waals surface area contributed by atoms with Crippen molar-refractivity contribution in [3.05, 3.63) is 120 Å². The van der Waals surface area contributed by atoms with E-state index < -0.39 is 9.84 Å². The summed E-state index contributed by atoms with van der Waals surface area (Å²) in [4.78, 5) is 2.66. The van der Waals surface area contributed by atoms with Crippen LogP contribution in [0.4, 0.5) is 10.1 Å². The predicted molar refractivity (Wildman–Crippen MR) is 135 cm³/mol. The molecule has 0 saturated heterocycles. The van der Waals surface area contributed by atoms with Crippen LogP contribution in [0.5, 0.6) is 0 Å². The van der Waals surface area contributed by atoms with Crippen molar-refractivity contribution in [2.24, 2.45) is 5.92 Å². The summed E-state index contributed by atoms with van der Waals surface area (Å²) in [6, 6.07) is 31.7. The van der Waals surface area contributed by atoms with Crippen LogP contribution in [0.2, 0.25) is 0 Å². The van der Waals surface area contributed by atoms with Crippen LogP contribution >= 0.6 is 0 Å². The first-order valence-electron chi connectivity index (χ1n) is 11.4. The molecular formula is C29H26FNO2S. The van der Waals surface area contributed by atoms with E-state index in [1.807, 2.05) is 24.3 Å². The Morgan fingerprint density at radius 1 is 0.794 bits per heavy atom. The molecule has 34 heavy (non-hydrogen) atoms. The highest BCUT2D eigenvalue weighted by Crippen LogP contribution is 2.35. The Morgan fingerprint density at radius 3 is 2.15 bits per heavy atom. The molecule has 0 spiro atoms. The minimum atomic E-state index is -3.39. The summed E-state index contributed by atoms with van der Waals surface area (Å²) < 4.78 is 39.7. The predicted octanol–water partition coefficient (Wildman–Crippen LogP) is 6.15. The standard InChI is InChI=1S/C29H26FNO2S/c30-27-14-11-24(12-15-27)25-13-16-29-26(18-25)17-23(20-31(29)19-22-7-3-1-4-8-22)21-34(32,33)28-9-5-2-6-10-28/h1-16,18,23H,17,19-21H2/t23-/m1/s1. The molecule has 4 aromatic rings. The smallest absolute Gasteiger partial charge is 0.178 e. The number of halogens is 1. The van der Waals surface area contributed by atoms with Crippen LogP contribution in [0.3, 0.4) is 0 Å². The summed E-state index contributed by atoms with van der Waals surface area (Å²) in [7, 11) is -3.39. The molecule has 1 aliphatic heterocycles. The number of hydrogen-bond donors (Lipinski definition) is 0. The Bertz CT molecular complexity index is 1370. The molecular weight excluding hydrogens is 445 g/mol. The topological polar surface area (TPSA) is 37.4 Å².